The lowest BCUT2D eigenvalue weighted by molar-refractivity contribution is -0.120. The summed E-state index contributed by atoms with van der Waals surface area (Å²) in [6.07, 6.45) is 3.38. The number of hydrogen-bond donors (Lipinski definition) is 1. The molecule has 1 aliphatic rings. The van der Waals surface area contributed by atoms with Crippen molar-refractivity contribution < 1.29 is 4.79 Å². The van der Waals surface area contributed by atoms with Crippen molar-refractivity contribution in [3.05, 3.63) is 30.2 Å². The second-order valence-electron chi connectivity index (χ2n) is 7.90. The van der Waals surface area contributed by atoms with Gasteiger partial charge in [0.25, 0.3) is 5.91 Å². The van der Waals surface area contributed by atoms with Crippen LogP contribution in [0.15, 0.2) is 24.4 Å². The number of hydrogen-bond acceptors (Lipinski definition) is 6. The number of carbonyl (C=O) groups excluding carboxylic acids is 1. The minimum atomic E-state index is -0.326. The Hall–Kier alpha value is -2.97. The van der Waals surface area contributed by atoms with Crippen molar-refractivity contribution in [2.45, 2.75) is 45.1 Å². The molecule has 0 bridgehead atoms. The van der Waals surface area contributed by atoms with E-state index >= 15 is 0 Å². The Labute approximate surface area is 157 Å². The van der Waals surface area contributed by atoms with Gasteiger partial charge in [0.1, 0.15) is 17.7 Å². The van der Waals surface area contributed by atoms with Gasteiger partial charge in [-0.05, 0) is 25.0 Å². The molecule has 27 heavy (non-hydrogen) atoms. The number of anilines is 2. The quantitative estimate of drug-likeness (QED) is 0.757. The van der Waals surface area contributed by atoms with Crippen molar-refractivity contribution in [3.8, 4) is 0 Å². The van der Waals surface area contributed by atoms with Gasteiger partial charge in [0, 0.05) is 25.1 Å². The van der Waals surface area contributed by atoms with Gasteiger partial charge in [0.05, 0.1) is 6.20 Å². The van der Waals surface area contributed by atoms with Crippen LogP contribution in [0.3, 0.4) is 0 Å². The van der Waals surface area contributed by atoms with Gasteiger partial charge in [0.15, 0.2) is 11.5 Å². The highest BCUT2D eigenvalue weighted by atomic mass is 16.2. The molecule has 3 aromatic rings. The Kier molecular flexibility index (Phi) is 4.09. The van der Waals surface area contributed by atoms with Crippen LogP contribution >= 0.6 is 0 Å². The number of piperidine rings is 1. The summed E-state index contributed by atoms with van der Waals surface area (Å²) >= 11 is 0. The van der Waals surface area contributed by atoms with E-state index < -0.39 is 0 Å². The van der Waals surface area contributed by atoms with Crippen molar-refractivity contribution in [1.82, 2.24) is 29.6 Å². The van der Waals surface area contributed by atoms with E-state index in [1.54, 1.807) is 20.3 Å². The van der Waals surface area contributed by atoms with Gasteiger partial charge in [-0.25, -0.2) is 0 Å². The van der Waals surface area contributed by atoms with Crippen molar-refractivity contribution in [2.24, 2.45) is 7.05 Å². The fourth-order valence-corrected chi connectivity index (χ4v) is 3.38. The molecular formula is C18H24N8O. The molecule has 142 valence electrons. The van der Waals surface area contributed by atoms with Crippen LogP contribution < -0.4 is 10.2 Å². The summed E-state index contributed by atoms with van der Waals surface area (Å²) in [6.45, 7) is 6.91. The molecule has 1 saturated heterocycles. The summed E-state index contributed by atoms with van der Waals surface area (Å²) in [5, 5.41) is 20.5. The Morgan fingerprint density at radius 3 is 2.70 bits per heavy atom. The van der Waals surface area contributed by atoms with Crippen LogP contribution in [0.2, 0.25) is 0 Å². The van der Waals surface area contributed by atoms with E-state index in [1.165, 1.54) is 0 Å². The molecule has 4 heterocycles. The number of nitrogens with one attached hydrogen (secondary N) is 1. The van der Waals surface area contributed by atoms with Gasteiger partial charge >= 0.3 is 0 Å². The van der Waals surface area contributed by atoms with Crippen LogP contribution in [-0.2, 0) is 17.3 Å². The number of amides is 1. The lowest BCUT2D eigenvalue weighted by atomic mass is 9.96. The summed E-state index contributed by atoms with van der Waals surface area (Å²) < 4.78 is 3.46. The first-order valence-electron chi connectivity index (χ1n) is 9.13. The van der Waals surface area contributed by atoms with Crippen LogP contribution in [0.25, 0.3) is 5.65 Å². The third-order valence-corrected chi connectivity index (χ3v) is 4.77. The first-order chi connectivity index (χ1) is 12.8. The minimum absolute atomic E-state index is 0.0338. The monoisotopic (exact) mass is 368 g/mol. The van der Waals surface area contributed by atoms with E-state index in [0.29, 0.717) is 18.0 Å². The zero-order chi connectivity index (χ0) is 19.2. The molecule has 1 amide bonds. The average molecular weight is 368 g/mol. The van der Waals surface area contributed by atoms with Gasteiger partial charge in [0.2, 0.25) is 0 Å². The average Bonchev–Trinajstić information content (AvgIpc) is 3.22. The minimum Gasteiger partial charge on any atom is -0.357 e. The van der Waals surface area contributed by atoms with E-state index in [9.17, 15) is 4.79 Å². The predicted molar refractivity (Wildman–Crippen MR) is 102 cm³/mol. The zero-order valence-electron chi connectivity index (χ0n) is 16.0. The Morgan fingerprint density at radius 2 is 2.00 bits per heavy atom. The van der Waals surface area contributed by atoms with Crippen molar-refractivity contribution in [1.29, 1.82) is 0 Å². The summed E-state index contributed by atoms with van der Waals surface area (Å²) in [5.41, 5.74) is 0.513. The van der Waals surface area contributed by atoms with Crippen LogP contribution in [0.4, 0.5) is 11.6 Å². The summed E-state index contributed by atoms with van der Waals surface area (Å²) in [4.78, 5) is 14.8. The van der Waals surface area contributed by atoms with Crippen molar-refractivity contribution >= 4 is 23.2 Å². The zero-order valence-corrected chi connectivity index (χ0v) is 16.0. The van der Waals surface area contributed by atoms with Crippen LogP contribution in [0.1, 0.15) is 39.4 Å². The lowest BCUT2D eigenvalue weighted by Gasteiger charge is -2.32. The smallest absolute Gasteiger partial charge is 0.250 e. The van der Waals surface area contributed by atoms with E-state index in [4.69, 9.17) is 0 Å². The molecule has 0 saturated carbocycles. The van der Waals surface area contributed by atoms with Gasteiger partial charge in [-0.2, -0.15) is 9.61 Å². The maximum absolute atomic E-state index is 13.0. The first-order valence-corrected chi connectivity index (χ1v) is 9.13. The molecule has 4 rings (SSSR count). The summed E-state index contributed by atoms with van der Waals surface area (Å²) in [7, 11) is 1.84. The Bertz CT molecular complexity index is 983. The first kappa shape index (κ1) is 17.4. The van der Waals surface area contributed by atoms with Gasteiger partial charge in [-0.3, -0.25) is 14.4 Å². The van der Waals surface area contributed by atoms with E-state index in [2.05, 4.69) is 46.5 Å². The molecule has 0 spiro atoms. The Morgan fingerprint density at radius 1 is 1.19 bits per heavy atom. The molecule has 1 atom stereocenters. The van der Waals surface area contributed by atoms with Crippen molar-refractivity contribution in [2.75, 3.05) is 16.8 Å². The molecule has 9 nitrogen and oxygen atoms in total. The SMILES string of the molecule is Cn1nccc1N1CCCC(Nc2ccc3nnc(C(C)(C)C)n3n2)C1=O. The van der Waals surface area contributed by atoms with Crippen LogP contribution in [0.5, 0.6) is 0 Å². The van der Waals surface area contributed by atoms with Gasteiger partial charge < -0.3 is 5.32 Å². The van der Waals surface area contributed by atoms with Crippen LogP contribution in [0, 0.1) is 0 Å². The summed E-state index contributed by atoms with van der Waals surface area (Å²) in [5.74, 6) is 2.26. The number of fused-ring (bicyclic) bond motifs is 1. The molecule has 1 unspecified atom stereocenters. The maximum Gasteiger partial charge on any atom is 0.250 e. The molecule has 3 aromatic heterocycles. The molecule has 1 fully saturated rings. The van der Waals surface area contributed by atoms with E-state index in [0.717, 1.165) is 24.5 Å². The number of rotatable bonds is 3. The topological polar surface area (TPSA) is 93.2 Å². The van der Waals surface area contributed by atoms with Gasteiger partial charge in [-0.1, -0.05) is 20.8 Å². The highest BCUT2D eigenvalue weighted by Crippen LogP contribution is 2.23. The fraction of sp³-hybridized carbons (Fsp3) is 0.500. The molecule has 9 heteroatoms. The van der Waals surface area contributed by atoms with E-state index in [1.807, 2.05) is 25.2 Å². The standard InChI is InChI=1S/C18H24N8O/c1-18(2,3)17-22-21-14-8-7-13(23-26(14)17)20-12-6-5-11-25(16(12)27)15-9-10-19-24(15)4/h7-10,12H,5-6,11H2,1-4H3,(H,20,23). The fourth-order valence-electron chi connectivity index (χ4n) is 3.38. The largest absolute Gasteiger partial charge is 0.357 e. The summed E-state index contributed by atoms with van der Waals surface area (Å²) in [6, 6.07) is 5.24. The molecule has 1 aliphatic heterocycles. The molecular weight excluding hydrogens is 344 g/mol. The molecule has 1 N–H and O–H groups in total. The molecule has 0 aliphatic carbocycles. The second-order valence-corrected chi connectivity index (χ2v) is 7.90. The van der Waals surface area contributed by atoms with Crippen LogP contribution in [-0.4, -0.2) is 48.1 Å². The third-order valence-electron chi connectivity index (χ3n) is 4.77. The number of nitrogens with zero attached hydrogens (tertiary/aromatic N) is 7. The Balaban J connectivity index is 1.60. The number of aryl methyl sites for hydroxylation is 1. The normalized spacial score (nSPS) is 18.3. The highest BCUT2D eigenvalue weighted by Gasteiger charge is 2.31. The number of aromatic nitrogens is 6. The predicted octanol–water partition coefficient (Wildman–Crippen LogP) is 1.76. The lowest BCUT2D eigenvalue weighted by Crippen LogP contribution is -2.48. The van der Waals surface area contributed by atoms with Crippen molar-refractivity contribution in [3.63, 3.8) is 0 Å². The molecule has 0 radical (unpaired) electrons. The van der Waals surface area contributed by atoms with E-state index in [-0.39, 0.29) is 17.4 Å². The molecule has 0 aromatic carbocycles. The third kappa shape index (κ3) is 3.13. The maximum atomic E-state index is 13.0. The highest BCUT2D eigenvalue weighted by molar-refractivity contribution is 5.98. The number of carbonyl (C=O) groups is 1. The second kappa shape index (κ2) is 6.33. The van der Waals surface area contributed by atoms with Gasteiger partial charge in [-0.15, -0.1) is 15.3 Å².